The average Bonchev–Trinajstić information content (AvgIpc) is 3.54. The molecule has 1 N–H and O–H groups in total. The summed E-state index contributed by atoms with van der Waals surface area (Å²) in [5.41, 5.74) is 2.89. The van der Waals surface area contributed by atoms with Crippen molar-refractivity contribution in [3.8, 4) is 5.75 Å². The molecule has 0 saturated heterocycles. The molecule has 1 aliphatic carbocycles. The molecule has 1 fully saturated rings. The Kier molecular flexibility index (Phi) is 5.28. The molecule has 6 nitrogen and oxygen atoms in total. The predicted molar refractivity (Wildman–Crippen MR) is 121 cm³/mol. The summed E-state index contributed by atoms with van der Waals surface area (Å²) in [5, 5.41) is 20.8. The third-order valence-electron chi connectivity index (χ3n) is 5.64. The molecule has 0 amide bonds. The van der Waals surface area contributed by atoms with Crippen molar-refractivity contribution in [2.24, 2.45) is 0 Å². The molecule has 0 atom stereocenters. The lowest BCUT2D eigenvalue weighted by atomic mass is 10.1. The number of fused-ring (bicyclic) bond motifs is 1. The number of phenolic OH excluding ortho intramolecular Hbond substituents is 1. The molecule has 5 rings (SSSR count). The van der Waals surface area contributed by atoms with Crippen molar-refractivity contribution in [3.05, 3.63) is 81.5 Å². The van der Waals surface area contributed by atoms with E-state index in [1.807, 2.05) is 31.2 Å². The van der Waals surface area contributed by atoms with E-state index in [1.54, 1.807) is 11.8 Å². The van der Waals surface area contributed by atoms with Gasteiger partial charge in [-0.2, -0.15) is 0 Å². The maximum absolute atomic E-state index is 12.1. The zero-order valence-corrected chi connectivity index (χ0v) is 18.1. The van der Waals surface area contributed by atoms with E-state index in [1.165, 1.54) is 17.7 Å². The molecule has 2 aromatic heterocycles. The lowest BCUT2D eigenvalue weighted by Gasteiger charge is -2.11. The van der Waals surface area contributed by atoms with Crippen LogP contribution in [0.15, 0.2) is 62.9 Å². The van der Waals surface area contributed by atoms with Crippen LogP contribution in [0.4, 0.5) is 0 Å². The number of aromatic hydroxyl groups is 1. The number of aromatic nitrogens is 3. The van der Waals surface area contributed by atoms with Crippen molar-refractivity contribution in [1.29, 1.82) is 0 Å². The largest absolute Gasteiger partial charge is 0.508 e. The minimum Gasteiger partial charge on any atom is -0.508 e. The molecule has 0 radical (unpaired) electrons. The molecule has 0 bridgehead atoms. The highest BCUT2D eigenvalue weighted by Gasteiger charge is 2.30. The molecule has 7 heteroatoms. The third-order valence-corrected chi connectivity index (χ3v) is 6.65. The van der Waals surface area contributed by atoms with Crippen LogP contribution in [0.1, 0.15) is 48.2 Å². The molecular formula is C24H23N3O3S. The minimum atomic E-state index is -0.420. The first-order valence-corrected chi connectivity index (χ1v) is 11.5. The van der Waals surface area contributed by atoms with Crippen molar-refractivity contribution in [2.45, 2.75) is 49.6 Å². The van der Waals surface area contributed by atoms with Crippen LogP contribution in [0, 0.1) is 0 Å². The normalized spacial score (nSPS) is 13.7. The second kappa shape index (κ2) is 8.23. The Hall–Kier alpha value is -3.06. The van der Waals surface area contributed by atoms with Gasteiger partial charge >= 0.3 is 5.63 Å². The van der Waals surface area contributed by atoms with E-state index in [-0.39, 0.29) is 5.75 Å². The maximum Gasteiger partial charge on any atom is 0.336 e. The fourth-order valence-corrected chi connectivity index (χ4v) is 4.75. The van der Waals surface area contributed by atoms with Gasteiger partial charge in [0, 0.05) is 29.2 Å². The zero-order valence-electron chi connectivity index (χ0n) is 17.2. The van der Waals surface area contributed by atoms with E-state index in [2.05, 4.69) is 26.9 Å². The van der Waals surface area contributed by atoms with Gasteiger partial charge in [-0.25, -0.2) is 4.79 Å². The van der Waals surface area contributed by atoms with Crippen LogP contribution in [0.2, 0.25) is 0 Å². The molecule has 0 aliphatic heterocycles. The van der Waals surface area contributed by atoms with E-state index in [9.17, 15) is 9.90 Å². The third kappa shape index (κ3) is 4.10. The summed E-state index contributed by atoms with van der Waals surface area (Å²) < 4.78 is 7.53. The first-order valence-electron chi connectivity index (χ1n) is 10.5. The van der Waals surface area contributed by atoms with Gasteiger partial charge in [-0.1, -0.05) is 49.0 Å². The van der Waals surface area contributed by atoms with Gasteiger partial charge in [-0.3, -0.25) is 0 Å². The molecule has 158 valence electrons. The van der Waals surface area contributed by atoms with Gasteiger partial charge in [0.1, 0.15) is 17.2 Å². The highest BCUT2D eigenvalue weighted by Crippen LogP contribution is 2.40. The first kappa shape index (κ1) is 19.9. The van der Waals surface area contributed by atoms with Gasteiger partial charge in [0.05, 0.1) is 6.54 Å². The van der Waals surface area contributed by atoms with Crippen molar-refractivity contribution < 1.29 is 9.52 Å². The Bertz CT molecular complexity index is 1290. The van der Waals surface area contributed by atoms with Gasteiger partial charge in [0.25, 0.3) is 0 Å². The molecule has 2 heterocycles. The van der Waals surface area contributed by atoms with Crippen LogP contribution in [0.5, 0.6) is 5.75 Å². The maximum atomic E-state index is 12.1. The number of phenols is 1. The Morgan fingerprint density at radius 2 is 1.94 bits per heavy atom. The van der Waals surface area contributed by atoms with Gasteiger partial charge < -0.3 is 14.1 Å². The van der Waals surface area contributed by atoms with E-state index in [4.69, 9.17) is 4.42 Å². The number of hydrogen-bond acceptors (Lipinski definition) is 6. The number of hydrogen-bond donors (Lipinski definition) is 1. The topological polar surface area (TPSA) is 81.2 Å². The second-order valence-corrected chi connectivity index (χ2v) is 8.84. The lowest BCUT2D eigenvalue weighted by Crippen LogP contribution is -2.06. The summed E-state index contributed by atoms with van der Waals surface area (Å²) in [6, 6.07) is 15.3. The van der Waals surface area contributed by atoms with E-state index < -0.39 is 5.63 Å². The highest BCUT2D eigenvalue weighted by molar-refractivity contribution is 7.98. The number of benzene rings is 2. The zero-order chi connectivity index (χ0) is 21.4. The molecule has 31 heavy (non-hydrogen) atoms. The monoisotopic (exact) mass is 433 g/mol. The van der Waals surface area contributed by atoms with Crippen LogP contribution in [-0.4, -0.2) is 19.9 Å². The average molecular weight is 434 g/mol. The summed E-state index contributed by atoms with van der Waals surface area (Å²) >= 11 is 1.57. The molecule has 0 unspecified atom stereocenters. The Balaban J connectivity index is 1.47. The molecule has 1 aliphatic rings. The molecular weight excluding hydrogens is 410 g/mol. The van der Waals surface area contributed by atoms with Crippen molar-refractivity contribution >= 4 is 22.7 Å². The molecule has 0 spiro atoms. The smallest absolute Gasteiger partial charge is 0.336 e. The second-order valence-electron chi connectivity index (χ2n) is 7.90. The van der Waals surface area contributed by atoms with Gasteiger partial charge in [0.2, 0.25) is 0 Å². The summed E-state index contributed by atoms with van der Waals surface area (Å²) in [7, 11) is 0. The standard InChI is InChI=1S/C24H23N3O3S/c1-2-16-10-19-18(11-22(29)30-21(19)12-20(16)28)14-31-24-26-25-23(17-8-9-17)27(24)13-15-6-4-3-5-7-15/h3-7,10-12,17,28H,2,8-9,13-14H2,1H3. The minimum absolute atomic E-state index is 0.152. The number of thioether (sulfide) groups is 1. The highest BCUT2D eigenvalue weighted by atomic mass is 32.2. The van der Waals surface area contributed by atoms with Crippen LogP contribution >= 0.6 is 11.8 Å². The molecule has 2 aromatic carbocycles. The summed E-state index contributed by atoms with van der Waals surface area (Å²) in [4.78, 5) is 12.1. The lowest BCUT2D eigenvalue weighted by molar-refractivity contribution is 0.466. The van der Waals surface area contributed by atoms with Gasteiger partial charge in [0.15, 0.2) is 5.16 Å². The van der Waals surface area contributed by atoms with Crippen LogP contribution in [0.25, 0.3) is 11.0 Å². The Labute approximate surface area is 183 Å². The summed E-state index contributed by atoms with van der Waals surface area (Å²) in [6.45, 7) is 2.72. The fraction of sp³-hybridized carbons (Fsp3) is 0.292. The van der Waals surface area contributed by atoms with Crippen LogP contribution < -0.4 is 5.63 Å². The van der Waals surface area contributed by atoms with Gasteiger partial charge in [-0.05, 0) is 42.0 Å². The van der Waals surface area contributed by atoms with Crippen molar-refractivity contribution in [3.63, 3.8) is 0 Å². The quantitative estimate of drug-likeness (QED) is 0.331. The molecule has 4 aromatic rings. The Morgan fingerprint density at radius 1 is 1.13 bits per heavy atom. The van der Waals surface area contributed by atoms with Crippen molar-refractivity contribution in [1.82, 2.24) is 14.8 Å². The number of rotatable bonds is 7. The van der Waals surface area contributed by atoms with E-state index >= 15 is 0 Å². The van der Waals surface area contributed by atoms with Crippen molar-refractivity contribution in [2.75, 3.05) is 0 Å². The van der Waals surface area contributed by atoms with Gasteiger partial charge in [-0.15, -0.1) is 10.2 Å². The van der Waals surface area contributed by atoms with E-state index in [0.717, 1.165) is 46.9 Å². The summed E-state index contributed by atoms with van der Waals surface area (Å²) in [5.74, 6) is 2.25. The first-order chi connectivity index (χ1) is 15.1. The van der Waals surface area contributed by atoms with E-state index in [0.29, 0.717) is 23.7 Å². The number of aryl methyl sites for hydroxylation is 1. The Morgan fingerprint density at radius 3 is 2.68 bits per heavy atom. The van der Waals surface area contributed by atoms with Crippen LogP contribution in [0.3, 0.4) is 0 Å². The fourth-order valence-electron chi connectivity index (χ4n) is 3.82. The predicted octanol–water partition coefficient (Wildman–Crippen LogP) is 4.87. The SMILES string of the molecule is CCc1cc2c(CSc3nnc(C4CC4)n3Cc3ccccc3)cc(=O)oc2cc1O. The summed E-state index contributed by atoms with van der Waals surface area (Å²) in [6.07, 6.45) is 3.01. The number of nitrogens with zero attached hydrogens (tertiary/aromatic N) is 3. The molecule has 1 saturated carbocycles. The van der Waals surface area contributed by atoms with Crippen LogP contribution in [-0.2, 0) is 18.7 Å².